The zero-order valence-electron chi connectivity index (χ0n) is 27.8. The van der Waals surface area contributed by atoms with Crippen LogP contribution in [0.25, 0.3) is 11.4 Å². The van der Waals surface area contributed by atoms with Crippen molar-refractivity contribution in [3.63, 3.8) is 0 Å². The number of carboxylic acids is 1. The second kappa shape index (κ2) is 13.8. The summed E-state index contributed by atoms with van der Waals surface area (Å²) < 4.78 is 86.4. The number of amides is 3. The van der Waals surface area contributed by atoms with Gasteiger partial charge in [0.2, 0.25) is 17.6 Å². The lowest BCUT2D eigenvalue weighted by Crippen LogP contribution is -2.56. The number of ether oxygens (including phenoxy) is 1. The Morgan fingerprint density at radius 3 is 2.29 bits per heavy atom. The average molecular weight is 730 g/mol. The molecule has 13 nitrogen and oxygen atoms in total. The Balaban J connectivity index is 1.48. The van der Waals surface area contributed by atoms with Crippen molar-refractivity contribution in [2.24, 2.45) is 5.92 Å². The number of carboxylic acid groups (broad SMARTS) is 1. The number of hydrogen-bond donors (Lipinski definition) is 3. The molecule has 1 saturated heterocycles. The molecule has 5 rings (SSSR count). The predicted molar refractivity (Wildman–Crippen MR) is 164 cm³/mol. The molecule has 3 amide bonds. The van der Waals surface area contributed by atoms with Gasteiger partial charge in [0.15, 0.2) is 0 Å². The number of nitrogens with one attached hydrogen (secondary N) is 2. The van der Waals surface area contributed by atoms with Gasteiger partial charge >= 0.3 is 24.4 Å². The van der Waals surface area contributed by atoms with E-state index in [0.29, 0.717) is 37.8 Å². The van der Waals surface area contributed by atoms with Crippen LogP contribution in [-0.4, -0.2) is 83.9 Å². The molecule has 2 aromatic rings. The third-order valence-electron chi connectivity index (χ3n) is 8.93. The van der Waals surface area contributed by atoms with Gasteiger partial charge in [-0.25, -0.2) is 9.59 Å². The highest BCUT2D eigenvalue weighted by Crippen LogP contribution is 2.46. The molecule has 0 radical (unpaired) electrons. The molecule has 3 heterocycles. The summed E-state index contributed by atoms with van der Waals surface area (Å²) in [4.78, 5) is 55.1. The van der Waals surface area contributed by atoms with Gasteiger partial charge in [-0.1, -0.05) is 25.0 Å². The van der Waals surface area contributed by atoms with Crippen LogP contribution < -0.4 is 10.6 Å². The van der Waals surface area contributed by atoms with Crippen LogP contribution in [0.15, 0.2) is 30.4 Å². The van der Waals surface area contributed by atoms with Crippen LogP contribution in [0.1, 0.15) is 82.9 Å². The Kier molecular flexibility index (Phi) is 10.1. The topological polar surface area (TPSA) is 169 Å². The van der Waals surface area contributed by atoms with Crippen molar-refractivity contribution in [3.8, 4) is 11.4 Å². The number of hydrogen-bond acceptors (Lipinski definition) is 8. The molecule has 2 fully saturated rings. The molecule has 278 valence electrons. The third kappa shape index (κ3) is 8.61. The van der Waals surface area contributed by atoms with Gasteiger partial charge in [0.1, 0.15) is 23.2 Å². The van der Waals surface area contributed by atoms with E-state index in [2.05, 4.69) is 26.0 Å². The van der Waals surface area contributed by atoms with Gasteiger partial charge < -0.3 is 25.4 Å². The van der Waals surface area contributed by atoms with Crippen molar-refractivity contribution in [2.75, 3.05) is 6.54 Å². The number of halogens is 6. The van der Waals surface area contributed by atoms with Gasteiger partial charge in [0.05, 0.1) is 17.2 Å². The molecule has 19 heteroatoms. The number of benzene rings is 1. The van der Waals surface area contributed by atoms with E-state index in [4.69, 9.17) is 4.74 Å². The van der Waals surface area contributed by atoms with Gasteiger partial charge in [-0.2, -0.15) is 31.1 Å². The number of aromatic nitrogens is 4. The smallest absolute Gasteiger partial charge is 0.416 e. The van der Waals surface area contributed by atoms with E-state index < -0.39 is 93.9 Å². The lowest BCUT2D eigenvalue weighted by atomic mass is 10.0. The van der Waals surface area contributed by atoms with Gasteiger partial charge in [0.25, 0.3) is 0 Å². The van der Waals surface area contributed by atoms with Crippen molar-refractivity contribution in [1.29, 1.82) is 0 Å². The first kappa shape index (κ1) is 37.5. The number of carbonyl (C=O) groups excluding carboxylic acids is 3. The molecule has 1 saturated carbocycles. The maximum absolute atomic E-state index is 14.2. The third-order valence-corrected chi connectivity index (χ3v) is 8.93. The second-order valence-electron chi connectivity index (χ2n) is 14.0. The molecule has 3 N–H and O–H groups in total. The Morgan fingerprint density at radius 2 is 1.69 bits per heavy atom. The van der Waals surface area contributed by atoms with E-state index in [9.17, 15) is 50.6 Å². The molecule has 1 aromatic heterocycles. The summed E-state index contributed by atoms with van der Waals surface area (Å²) in [7, 11) is 0. The largest absolute Gasteiger partial charge is 0.479 e. The van der Waals surface area contributed by atoms with Crippen molar-refractivity contribution >= 4 is 23.9 Å². The lowest BCUT2D eigenvalue weighted by Gasteiger charge is -2.30. The number of fused-ring (bicyclic) bond motifs is 2. The van der Waals surface area contributed by atoms with E-state index in [0.717, 1.165) is 9.70 Å². The summed E-state index contributed by atoms with van der Waals surface area (Å²) in [6, 6.07) is -2.60. The number of alkyl halides is 6. The van der Waals surface area contributed by atoms with Crippen molar-refractivity contribution < 1.29 is 55.4 Å². The molecular formula is C32H37F6N7O6. The van der Waals surface area contributed by atoms with Crippen LogP contribution in [0.4, 0.5) is 31.1 Å². The Bertz CT molecular complexity index is 1670. The lowest BCUT2D eigenvalue weighted by molar-refractivity contribution is -0.146. The minimum atomic E-state index is -5.12. The highest BCUT2D eigenvalue weighted by molar-refractivity contribution is 5.96. The number of tetrazole rings is 1. The molecule has 1 aliphatic carbocycles. The van der Waals surface area contributed by atoms with Crippen molar-refractivity contribution in [3.05, 3.63) is 41.5 Å². The number of nitrogens with zero attached hydrogens (tertiary/aromatic N) is 5. The molecule has 3 aliphatic rings. The molecular weight excluding hydrogens is 692 g/mol. The zero-order chi connectivity index (χ0) is 37.5. The average Bonchev–Trinajstić information content (AvgIpc) is 3.33. The van der Waals surface area contributed by atoms with E-state index in [1.807, 2.05) is 6.08 Å². The Hall–Kier alpha value is -4.71. The normalized spacial score (nSPS) is 26.3. The first-order valence-corrected chi connectivity index (χ1v) is 16.3. The highest BCUT2D eigenvalue weighted by Gasteiger charge is 2.61. The van der Waals surface area contributed by atoms with Crippen LogP contribution in [0.3, 0.4) is 0 Å². The summed E-state index contributed by atoms with van der Waals surface area (Å²) >= 11 is 0. The van der Waals surface area contributed by atoms with Gasteiger partial charge in [-0.15, -0.1) is 10.2 Å². The number of carbonyl (C=O) groups is 4. The maximum Gasteiger partial charge on any atom is 0.416 e. The summed E-state index contributed by atoms with van der Waals surface area (Å²) in [5, 5.41) is 26.8. The minimum absolute atomic E-state index is 0.0355. The number of alkyl carbamates (subject to hydrolysis) is 1. The monoisotopic (exact) mass is 729 g/mol. The quantitative estimate of drug-likeness (QED) is 0.293. The standard InChI is InChI=1S/C32H37F6N7O6/c1-29(2,3)51-28(50)39-22-10-8-6-4-5-7-9-18-15-30(18,27(48)49)40-25(46)23-14-21(16-44(23)26(22)47)45-42-24(41-43-45)17-11-19(31(33,34)35)13-20(12-17)32(36,37)38/h7,9,11-13,18,21-23H,4-6,8,10,14-16H2,1-3H3,(H,39,50)(H,40,46)(H,48,49)/t18-,21+,22-,23+,30+/m1/s1. The first-order chi connectivity index (χ1) is 23.7. The molecule has 5 atom stereocenters. The van der Waals surface area contributed by atoms with Crippen LogP contribution in [0.2, 0.25) is 0 Å². The highest BCUT2D eigenvalue weighted by atomic mass is 19.4. The van der Waals surface area contributed by atoms with Gasteiger partial charge in [-0.05, 0) is 69.9 Å². The Morgan fingerprint density at radius 1 is 1.02 bits per heavy atom. The van der Waals surface area contributed by atoms with Crippen LogP contribution >= 0.6 is 0 Å². The molecule has 51 heavy (non-hydrogen) atoms. The van der Waals surface area contributed by atoms with Crippen LogP contribution in [-0.2, 0) is 31.5 Å². The summed E-state index contributed by atoms with van der Waals surface area (Å²) in [6.45, 7) is 4.61. The second-order valence-corrected chi connectivity index (χ2v) is 14.0. The number of allylic oxidation sites excluding steroid dienone is 1. The summed E-state index contributed by atoms with van der Waals surface area (Å²) in [5.74, 6) is -3.85. The molecule has 0 spiro atoms. The molecule has 0 bridgehead atoms. The SMILES string of the molecule is CC(C)(C)OC(=O)N[C@@H]1CCCCCC=C[C@@H]2C[C@]2(C(=O)O)NC(=O)[C@@H]2C[C@H](n3nnc(-c4cc(C(F)(F)F)cc(C(F)(F)F)c4)n3)CN2C1=O. The summed E-state index contributed by atoms with van der Waals surface area (Å²) in [6.07, 6.45) is -4.96. The number of aliphatic carboxylic acids is 1. The zero-order valence-corrected chi connectivity index (χ0v) is 27.8. The van der Waals surface area contributed by atoms with Crippen molar-refractivity contribution in [2.45, 2.75) is 107 Å². The predicted octanol–water partition coefficient (Wildman–Crippen LogP) is 4.89. The van der Waals surface area contributed by atoms with Crippen molar-refractivity contribution in [1.82, 2.24) is 35.7 Å². The summed E-state index contributed by atoms with van der Waals surface area (Å²) in [5.41, 5.74) is -6.30. The van der Waals surface area contributed by atoms with E-state index >= 15 is 0 Å². The molecule has 2 aliphatic heterocycles. The van der Waals surface area contributed by atoms with E-state index in [-0.39, 0.29) is 31.9 Å². The fraction of sp³-hybridized carbons (Fsp3) is 0.594. The fourth-order valence-electron chi connectivity index (χ4n) is 6.27. The number of rotatable bonds is 4. The maximum atomic E-state index is 14.2. The van der Waals surface area contributed by atoms with Crippen LogP contribution in [0.5, 0.6) is 0 Å². The van der Waals surface area contributed by atoms with E-state index in [1.165, 1.54) is 0 Å². The van der Waals surface area contributed by atoms with Gasteiger partial charge in [0, 0.05) is 24.4 Å². The van der Waals surface area contributed by atoms with Crippen LogP contribution in [0, 0.1) is 5.92 Å². The van der Waals surface area contributed by atoms with E-state index in [1.54, 1.807) is 26.8 Å². The first-order valence-electron chi connectivity index (χ1n) is 16.3. The Labute approximate surface area is 287 Å². The van der Waals surface area contributed by atoms with Gasteiger partial charge in [-0.3, -0.25) is 9.59 Å². The molecule has 0 unspecified atom stereocenters. The molecule has 1 aromatic carbocycles. The minimum Gasteiger partial charge on any atom is -0.479 e. The fourth-order valence-corrected chi connectivity index (χ4v) is 6.27.